The molecule has 1 aliphatic rings. The van der Waals surface area contributed by atoms with Crippen LogP contribution in [0.5, 0.6) is 0 Å². The molecule has 0 aromatic carbocycles. The molecule has 0 spiro atoms. The van der Waals surface area contributed by atoms with Crippen LogP contribution in [-0.4, -0.2) is 61.0 Å². The van der Waals surface area contributed by atoms with E-state index in [1.54, 1.807) is 0 Å². The van der Waals surface area contributed by atoms with Crippen molar-refractivity contribution < 1.29 is 4.79 Å². The van der Waals surface area contributed by atoms with E-state index < -0.39 is 0 Å². The molecule has 4 nitrogen and oxygen atoms in total. The van der Waals surface area contributed by atoms with Crippen LogP contribution >= 0.6 is 0 Å². The molecular formula is C16H33N3O. The summed E-state index contributed by atoms with van der Waals surface area (Å²) in [6.45, 7) is 14.4. The van der Waals surface area contributed by atoms with E-state index in [0.717, 1.165) is 45.2 Å². The molecule has 1 atom stereocenters. The number of amides is 1. The Morgan fingerprint density at radius 3 is 2.35 bits per heavy atom. The van der Waals surface area contributed by atoms with Gasteiger partial charge < -0.3 is 10.2 Å². The maximum atomic E-state index is 12.4. The van der Waals surface area contributed by atoms with Gasteiger partial charge in [-0.25, -0.2) is 0 Å². The van der Waals surface area contributed by atoms with Crippen LogP contribution in [0.15, 0.2) is 0 Å². The summed E-state index contributed by atoms with van der Waals surface area (Å²) < 4.78 is 0. The van der Waals surface area contributed by atoms with Crippen molar-refractivity contribution in [2.45, 2.75) is 53.0 Å². The summed E-state index contributed by atoms with van der Waals surface area (Å²) in [4.78, 5) is 16.7. The van der Waals surface area contributed by atoms with Crippen LogP contribution in [0.1, 0.15) is 47.0 Å². The molecule has 20 heavy (non-hydrogen) atoms. The van der Waals surface area contributed by atoms with Gasteiger partial charge in [-0.2, -0.15) is 0 Å². The topological polar surface area (TPSA) is 35.6 Å². The van der Waals surface area contributed by atoms with Crippen molar-refractivity contribution in [1.82, 2.24) is 15.1 Å². The predicted octanol–water partition coefficient (Wildman–Crippen LogP) is 1.95. The minimum atomic E-state index is 0.0412. The standard InChI is InChI=1S/C16H33N3O/c1-5-10-17-13-15-8-11-19(12-9-15)14(4)16(20)18(6-2)7-3/h14-15,17H,5-13H2,1-4H3. The zero-order valence-electron chi connectivity index (χ0n) is 13.8. The smallest absolute Gasteiger partial charge is 0.239 e. The van der Waals surface area contributed by atoms with Gasteiger partial charge in [-0.05, 0) is 72.1 Å². The van der Waals surface area contributed by atoms with Crippen molar-refractivity contribution in [3.05, 3.63) is 0 Å². The molecule has 1 N–H and O–H groups in total. The highest BCUT2D eigenvalue weighted by Crippen LogP contribution is 2.19. The molecule has 0 bridgehead atoms. The molecule has 1 heterocycles. The van der Waals surface area contributed by atoms with Crippen LogP contribution in [0.3, 0.4) is 0 Å². The lowest BCUT2D eigenvalue weighted by Crippen LogP contribution is -2.50. The fraction of sp³-hybridized carbons (Fsp3) is 0.938. The van der Waals surface area contributed by atoms with E-state index in [-0.39, 0.29) is 11.9 Å². The highest BCUT2D eigenvalue weighted by molar-refractivity contribution is 5.81. The number of piperidine rings is 1. The van der Waals surface area contributed by atoms with Gasteiger partial charge in [0.05, 0.1) is 6.04 Å². The second-order valence-electron chi connectivity index (χ2n) is 5.87. The molecule has 0 aliphatic carbocycles. The number of hydrogen-bond acceptors (Lipinski definition) is 3. The predicted molar refractivity (Wildman–Crippen MR) is 84.8 cm³/mol. The Labute approximate surface area is 124 Å². The van der Waals surface area contributed by atoms with Crippen molar-refractivity contribution in [3.8, 4) is 0 Å². The van der Waals surface area contributed by atoms with E-state index in [1.807, 2.05) is 4.90 Å². The van der Waals surface area contributed by atoms with E-state index in [9.17, 15) is 4.79 Å². The Morgan fingerprint density at radius 2 is 1.85 bits per heavy atom. The lowest BCUT2D eigenvalue weighted by Gasteiger charge is -2.37. The van der Waals surface area contributed by atoms with E-state index in [4.69, 9.17) is 0 Å². The number of likely N-dealkylation sites (N-methyl/N-ethyl adjacent to an activating group) is 1. The summed E-state index contributed by atoms with van der Waals surface area (Å²) >= 11 is 0. The Morgan fingerprint density at radius 1 is 1.25 bits per heavy atom. The summed E-state index contributed by atoms with van der Waals surface area (Å²) in [5.74, 6) is 1.08. The molecular weight excluding hydrogens is 250 g/mol. The van der Waals surface area contributed by atoms with Crippen LogP contribution in [0.25, 0.3) is 0 Å². The summed E-state index contributed by atoms with van der Waals surface area (Å²) in [5.41, 5.74) is 0. The zero-order chi connectivity index (χ0) is 15.0. The van der Waals surface area contributed by atoms with Crippen molar-refractivity contribution in [2.75, 3.05) is 39.3 Å². The van der Waals surface area contributed by atoms with Crippen LogP contribution in [0, 0.1) is 5.92 Å². The molecule has 1 fully saturated rings. The van der Waals surface area contributed by atoms with Gasteiger partial charge in [0, 0.05) is 13.1 Å². The number of hydrogen-bond donors (Lipinski definition) is 1. The van der Waals surface area contributed by atoms with Gasteiger partial charge in [-0.15, -0.1) is 0 Å². The minimum Gasteiger partial charge on any atom is -0.342 e. The third-order valence-electron chi connectivity index (χ3n) is 4.49. The summed E-state index contributed by atoms with van der Waals surface area (Å²) in [6.07, 6.45) is 3.63. The molecule has 1 aliphatic heterocycles. The summed E-state index contributed by atoms with van der Waals surface area (Å²) in [6, 6.07) is 0.0412. The van der Waals surface area contributed by atoms with Crippen molar-refractivity contribution >= 4 is 5.91 Å². The van der Waals surface area contributed by atoms with Gasteiger partial charge in [-0.1, -0.05) is 6.92 Å². The van der Waals surface area contributed by atoms with E-state index in [1.165, 1.54) is 19.3 Å². The van der Waals surface area contributed by atoms with Crippen molar-refractivity contribution in [2.24, 2.45) is 5.92 Å². The second-order valence-corrected chi connectivity index (χ2v) is 5.87. The SMILES string of the molecule is CCCNCC1CCN(C(C)C(=O)N(CC)CC)CC1. The quantitative estimate of drug-likeness (QED) is 0.692. The number of likely N-dealkylation sites (tertiary alicyclic amines) is 1. The van der Waals surface area contributed by atoms with E-state index in [2.05, 4.69) is 37.9 Å². The van der Waals surface area contributed by atoms with Crippen molar-refractivity contribution in [3.63, 3.8) is 0 Å². The van der Waals surface area contributed by atoms with Gasteiger partial charge in [0.2, 0.25) is 5.91 Å². The fourth-order valence-corrected chi connectivity index (χ4v) is 2.98. The second kappa shape index (κ2) is 9.35. The molecule has 0 saturated carbocycles. The highest BCUT2D eigenvalue weighted by atomic mass is 16.2. The third-order valence-corrected chi connectivity index (χ3v) is 4.49. The molecule has 0 radical (unpaired) electrons. The largest absolute Gasteiger partial charge is 0.342 e. The fourth-order valence-electron chi connectivity index (χ4n) is 2.98. The first-order valence-electron chi connectivity index (χ1n) is 8.37. The molecule has 1 unspecified atom stereocenters. The molecule has 0 aromatic heterocycles. The first kappa shape index (κ1) is 17.4. The number of carbonyl (C=O) groups excluding carboxylic acids is 1. The first-order valence-corrected chi connectivity index (χ1v) is 8.37. The van der Waals surface area contributed by atoms with Crippen LogP contribution in [0.4, 0.5) is 0 Å². The number of carbonyl (C=O) groups is 1. The molecule has 118 valence electrons. The number of nitrogens with zero attached hydrogens (tertiary/aromatic N) is 2. The summed E-state index contributed by atoms with van der Waals surface area (Å²) in [5, 5.41) is 3.51. The number of rotatable bonds is 8. The van der Waals surface area contributed by atoms with Crippen LogP contribution in [0.2, 0.25) is 0 Å². The average Bonchev–Trinajstić information content (AvgIpc) is 2.48. The third kappa shape index (κ3) is 5.06. The minimum absolute atomic E-state index is 0.0412. The van der Waals surface area contributed by atoms with Crippen LogP contribution < -0.4 is 5.32 Å². The van der Waals surface area contributed by atoms with Crippen molar-refractivity contribution in [1.29, 1.82) is 0 Å². The molecule has 1 rings (SSSR count). The highest BCUT2D eigenvalue weighted by Gasteiger charge is 2.28. The maximum Gasteiger partial charge on any atom is 0.239 e. The average molecular weight is 283 g/mol. The monoisotopic (exact) mass is 283 g/mol. The zero-order valence-corrected chi connectivity index (χ0v) is 13.8. The lowest BCUT2D eigenvalue weighted by atomic mass is 9.95. The Bertz CT molecular complexity index is 271. The van der Waals surface area contributed by atoms with Gasteiger partial charge >= 0.3 is 0 Å². The maximum absolute atomic E-state index is 12.4. The van der Waals surface area contributed by atoms with Gasteiger partial charge in [-0.3, -0.25) is 9.69 Å². The molecule has 1 saturated heterocycles. The van der Waals surface area contributed by atoms with Gasteiger partial charge in [0.15, 0.2) is 0 Å². The van der Waals surface area contributed by atoms with E-state index >= 15 is 0 Å². The number of nitrogens with one attached hydrogen (secondary N) is 1. The lowest BCUT2D eigenvalue weighted by molar-refractivity contribution is -0.136. The van der Waals surface area contributed by atoms with E-state index in [0.29, 0.717) is 0 Å². The molecule has 0 aromatic rings. The molecule has 4 heteroatoms. The van der Waals surface area contributed by atoms with Gasteiger partial charge in [0.25, 0.3) is 0 Å². The molecule has 1 amide bonds. The Balaban J connectivity index is 2.34. The normalized spacial score (nSPS) is 19.0. The first-order chi connectivity index (χ1) is 9.63. The summed E-state index contributed by atoms with van der Waals surface area (Å²) in [7, 11) is 0. The Hall–Kier alpha value is -0.610. The Kier molecular flexibility index (Phi) is 8.15. The van der Waals surface area contributed by atoms with Crippen LogP contribution in [-0.2, 0) is 4.79 Å². The van der Waals surface area contributed by atoms with Gasteiger partial charge in [0.1, 0.15) is 0 Å².